The van der Waals surface area contributed by atoms with Gasteiger partial charge in [0.1, 0.15) is 0 Å². The van der Waals surface area contributed by atoms with Gasteiger partial charge in [0, 0.05) is 4.88 Å². The molecule has 1 atom stereocenters. The van der Waals surface area contributed by atoms with Crippen LogP contribution in [0.15, 0.2) is 28.1 Å². The van der Waals surface area contributed by atoms with Crippen molar-refractivity contribution >= 4 is 27.3 Å². The van der Waals surface area contributed by atoms with Crippen molar-refractivity contribution in [2.45, 2.75) is 46.1 Å². The summed E-state index contributed by atoms with van der Waals surface area (Å²) in [6.07, 6.45) is 3.27. The van der Waals surface area contributed by atoms with Crippen LogP contribution >= 0.6 is 27.3 Å². The molecule has 114 valence electrons. The third-order valence-electron chi connectivity index (χ3n) is 4.04. The van der Waals surface area contributed by atoms with E-state index in [-0.39, 0.29) is 6.04 Å². The van der Waals surface area contributed by atoms with Gasteiger partial charge in [0.15, 0.2) is 0 Å². The van der Waals surface area contributed by atoms with E-state index < -0.39 is 0 Å². The van der Waals surface area contributed by atoms with Crippen LogP contribution < -0.4 is 5.32 Å². The zero-order chi connectivity index (χ0) is 15.4. The second-order valence-electron chi connectivity index (χ2n) is 5.25. The molecule has 1 heterocycles. The number of rotatable bonds is 6. The van der Waals surface area contributed by atoms with E-state index >= 15 is 0 Å². The molecule has 0 saturated heterocycles. The Morgan fingerprint density at radius 3 is 2.05 bits per heavy atom. The topological polar surface area (TPSA) is 12.0 Å². The van der Waals surface area contributed by atoms with Gasteiger partial charge in [-0.2, -0.15) is 0 Å². The summed E-state index contributed by atoms with van der Waals surface area (Å²) in [4.78, 5) is 1.37. The van der Waals surface area contributed by atoms with Gasteiger partial charge >= 0.3 is 0 Å². The molecular formula is C18H24BrNS. The quantitative estimate of drug-likeness (QED) is 0.711. The van der Waals surface area contributed by atoms with Crippen LogP contribution in [0.2, 0.25) is 0 Å². The minimum Gasteiger partial charge on any atom is -0.309 e. The first-order valence-corrected chi connectivity index (χ1v) is 9.32. The second-order valence-corrected chi connectivity index (χ2v) is 7.75. The highest BCUT2D eigenvalue weighted by atomic mass is 79.9. The second kappa shape index (κ2) is 7.57. The van der Waals surface area contributed by atoms with Gasteiger partial charge in [-0.25, -0.2) is 0 Å². The third-order valence-corrected chi connectivity index (χ3v) is 5.73. The van der Waals surface area contributed by atoms with E-state index in [9.17, 15) is 0 Å². The number of hydrogen-bond acceptors (Lipinski definition) is 2. The molecule has 21 heavy (non-hydrogen) atoms. The van der Waals surface area contributed by atoms with Gasteiger partial charge in [0.2, 0.25) is 0 Å². The summed E-state index contributed by atoms with van der Waals surface area (Å²) in [5.74, 6) is 0. The monoisotopic (exact) mass is 365 g/mol. The zero-order valence-electron chi connectivity index (χ0n) is 13.3. The van der Waals surface area contributed by atoms with Crippen molar-refractivity contribution in [2.75, 3.05) is 7.05 Å². The van der Waals surface area contributed by atoms with E-state index in [2.05, 4.69) is 73.3 Å². The fourth-order valence-corrected chi connectivity index (χ4v) is 4.47. The molecule has 1 nitrogen and oxygen atoms in total. The predicted octanol–water partition coefficient (Wildman–Crippen LogP) is 5.51. The average Bonchev–Trinajstić information content (AvgIpc) is 2.94. The van der Waals surface area contributed by atoms with Crippen LogP contribution in [0.25, 0.3) is 0 Å². The molecule has 0 aliphatic carbocycles. The number of halogens is 1. The van der Waals surface area contributed by atoms with E-state index in [0.717, 1.165) is 19.3 Å². The molecule has 1 N–H and O–H groups in total. The number of hydrogen-bond donors (Lipinski definition) is 1. The minimum absolute atomic E-state index is 0.289. The molecule has 0 radical (unpaired) electrons. The lowest BCUT2D eigenvalue weighted by Gasteiger charge is -2.23. The van der Waals surface area contributed by atoms with Gasteiger partial charge in [-0.3, -0.25) is 0 Å². The first kappa shape index (κ1) is 16.7. The summed E-state index contributed by atoms with van der Waals surface area (Å²) >= 11 is 5.40. The summed E-state index contributed by atoms with van der Waals surface area (Å²) in [7, 11) is 2.06. The van der Waals surface area contributed by atoms with Gasteiger partial charge in [0.05, 0.1) is 9.83 Å². The third kappa shape index (κ3) is 3.58. The fraction of sp³-hybridized carbons (Fsp3) is 0.444. The summed E-state index contributed by atoms with van der Waals surface area (Å²) in [5.41, 5.74) is 5.90. The predicted molar refractivity (Wildman–Crippen MR) is 97.5 cm³/mol. The number of benzene rings is 1. The molecule has 0 amide bonds. The molecule has 0 aliphatic heterocycles. The van der Waals surface area contributed by atoms with Crippen molar-refractivity contribution in [3.8, 4) is 0 Å². The summed E-state index contributed by atoms with van der Waals surface area (Å²) in [6, 6.07) is 9.44. The molecule has 0 aliphatic rings. The summed E-state index contributed by atoms with van der Waals surface area (Å²) < 4.78 is 1.19. The first-order valence-electron chi connectivity index (χ1n) is 7.71. The van der Waals surface area contributed by atoms with Crippen molar-refractivity contribution in [3.05, 3.63) is 55.2 Å². The Morgan fingerprint density at radius 2 is 1.67 bits per heavy atom. The van der Waals surface area contributed by atoms with Crippen molar-refractivity contribution in [1.29, 1.82) is 0 Å². The van der Waals surface area contributed by atoms with Gasteiger partial charge < -0.3 is 5.32 Å². The molecule has 2 aromatic rings. The van der Waals surface area contributed by atoms with E-state index in [4.69, 9.17) is 0 Å². The van der Waals surface area contributed by atoms with Crippen LogP contribution in [0.1, 0.15) is 53.9 Å². The standard InChI is InChI=1S/C18H24BrNS/c1-5-12-10-13(6-2)17(14(7-3)11-12)18(20-4)15-8-9-16(19)21-15/h8-11,18,20H,5-7H2,1-4H3. The molecule has 0 fully saturated rings. The van der Waals surface area contributed by atoms with E-state index in [1.54, 1.807) is 0 Å². The SMILES string of the molecule is CCc1cc(CC)c(C(NC)c2ccc(Br)s2)c(CC)c1. The molecule has 0 bridgehead atoms. The maximum Gasteiger partial charge on any atom is 0.0702 e. The molecule has 2 rings (SSSR count). The smallest absolute Gasteiger partial charge is 0.0702 e. The minimum atomic E-state index is 0.289. The van der Waals surface area contributed by atoms with Gasteiger partial charge in [-0.05, 0) is 76.6 Å². The number of aryl methyl sites for hydroxylation is 3. The van der Waals surface area contributed by atoms with E-state index in [0.29, 0.717) is 0 Å². The molecule has 0 saturated carbocycles. The Morgan fingerprint density at radius 1 is 1.05 bits per heavy atom. The van der Waals surface area contributed by atoms with Crippen molar-refractivity contribution in [1.82, 2.24) is 5.32 Å². The normalized spacial score (nSPS) is 12.6. The molecule has 0 spiro atoms. The molecule has 1 aromatic carbocycles. The molecular weight excluding hydrogens is 342 g/mol. The van der Waals surface area contributed by atoms with Crippen molar-refractivity contribution in [2.24, 2.45) is 0 Å². The van der Waals surface area contributed by atoms with Crippen molar-refractivity contribution < 1.29 is 0 Å². The van der Waals surface area contributed by atoms with Gasteiger partial charge in [-0.15, -0.1) is 11.3 Å². The van der Waals surface area contributed by atoms with E-state index in [1.807, 2.05) is 11.3 Å². The Balaban J connectivity index is 2.58. The maximum atomic E-state index is 3.59. The van der Waals surface area contributed by atoms with Crippen LogP contribution in [0.3, 0.4) is 0 Å². The zero-order valence-corrected chi connectivity index (χ0v) is 15.7. The lowest BCUT2D eigenvalue weighted by Crippen LogP contribution is -2.20. The lowest BCUT2D eigenvalue weighted by atomic mass is 9.88. The Hall–Kier alpha value is -0.640. The fourth-order valence-electron chi connectivity index (χ4n) is 2.92. The lowest BCUT2D eigenvalue weighted by molar-refractivity contribution is 0.686. The average molecular weight is 366 g/mol. The maximum absolute atomic E-state index is 3.59. The molecule has 3 heteroatoms. The Labute approximate surface area is 140 Å². The van der Waals surface area contributed by atoms with Crippen molar-refractivity contribution in [3.63, 3.8) is 0 Å². The molecule has 1 unspecified atom stereocenters. The van der Waals surface area contributed by atoms with Gasteiger partial charge in [-0.1, -0.05) is 32.9 Å². The summed E-state index contributed by atoms with van der Waals surface area (Å²) in [6.45, 7) is 6.75. The largest absolute Gasteiger partial charge is 0.309 e. The number of nitrogens with one attached hydrogen (secondary N) is 1. The van der Waals surface area contributed by atoms with Crippen LogP contribution in [-0.4, -0.2) is 7.05 Å². The van der Waals surface area contributed by atoms with E-state index in [1.165, 1.54) is 30.9 Å². The van der Waals surface area contributed by atoms with Crippen LogP contribution in [0.4, 0.5) is 0 Å². The molecule has 1 aromatic heterocycles. The Kier molecular flexibility index (Phi) is 6.03. The highest BCUT2D eigenvalue weighted by molar-refractivity contribution is 9.11. The summed E-state index contributed by atoms with van der Waals surface area (Å²) in [5, 5.41) is 3.52. The van der Waals surface area contributed by atoms with Crippen LogP contribution in [0, 0.1) is 0 Å². The van der Waals surface area contributed by atoms with Crippen LogP contribution in [0.5, 0.6) is 0 Å². The van der Waals surface area contributed by atoms with Gasteiger partial charge in [0.25, 0.3) is 0 Å². The highest BCUT2D eigenvalue weighted by Crippen LogP contribution is 2.35. The van der Waals surface area contributed by atoms with Crippen LogP contribution in [-0.2, 0) is 19.3 Å². The first-order chi connectivity index (χ1) is 10.1. The Bertz CT molecular complexity index is 578. The highest BCUT2D eigenvalue weighted by Gasteiger charge is 2.20. The number of thiophene rings is 1.